The molecule has 6 nitrogen and oxygen atoms in total. The van der Waals surface area contributed by atoms with Gasteiger partial charge in [-0.15, -0.1) is 0 Å². The quantitative estimate of drug-likeness (QED) is 0.430. The van der Waals surface area contributed by atoms with Gasteiger partial charge < -0.3 is 4.18 Å². The van der Waals surface area contributed by atoms with Gasteiger partial charge in [0.1, 0.15) is 0 Å². The fraction of sp³-hybridized carbons (Fsp3) is 0.400. The van der Waals surface area contributed by atoms with E-state index in [4.69, 9.17) is 5.26 Å². The number of carbonyl (C=O) groups excluding carboxylic acids is 2. The number of ketones is 2. The topological polar surface area (TPSA) is 101 Å². The highest BCUT2D eigenvalue weighted by atomic mass is 32.2. The highest BCUT2D eigenvalue weighted by Gasteiger charge is 2.40. The van der Waals surface area contributed by atoms with Crippen molar-refractivity contribution in [2.45, 2.75) is 19.0 Å². The Hall–Kier alpha value is -2.41. The highest BCUT2D eigenvalue weighted by Crippen LogP contribution is 2.36. The van der Waals surface area contributed by atoms with Crippen molar-refractivity contribution < 1.29 is 35.4 Å². The van der Waals surface area contributed by atoms with E-state index in [9.17, 15) is 31.2 Å². The first-order chi connectivity index (χ1) is 11.4. The summed E-state index contributed by atoms with van der Waals surface area (Å²) >= 11 is 0. The van der Waals surface area contributed by atoms with Gasteiger partial charge in [0.25, 0.3) is 0 Å². The lowest BCUT2D eigenvalue weighted by Gasteiger charge is -2.14. The van der Waals surface area contributed by atoms with Gasteiger partial charge in [0.05, 0.1) is 23.5 Å². The summed E-state index contributed by atoms with van der Waals surface area (Å²) in [5.74, 6) is -4.73. The van der Waals surface area contributed by atoms with Gasteiger partial charge in [-0.3, -0.25) is 9.59 Å². The maximum absolute atomic E-state index is 12.8. The number of nitriles is 1. The molecule has 25 heavy (non-hydrogen) atoms. The zero-order chi connectivity index (χ0) is 19.0. The molecule has 1 aliphatic rings. The van der Waals surface area contributed by atoms with Crippen molar-refractivity contribution in [3.05, 3.63) is 29.3 Å². The van der Waals surface area contributed by atoms with Crippen molar-refractivity contribution in [2.24, 2.45) is 11.8 Å². The average molecular weight is 375 g/mol. The fourth-order valence-corrected chi connectivity index (χ4v) is 2.61. The van der Waals surface area contributed by atoms with E-state index in [0.29, 0.717) is 37.3 Å². The van der Waals surface area contributed by atoms with Crippen molar-refractivity contribution in [3.63, 3.8) is 0 Å². The van der Waals surface area contributed by atoms with Gasteiger partial charge in [0, 0.05) is 5.92 Å². The number of hydrogen-bond acceptors (Lipinski definition) is 6. The third-order valence-corrected chi connectivity index (χ3v) is 3.95. The van der Waals surface area contributed by atoms with Crippen molar-refractivity contribution in [2.75, 3.05) is 6.26 Å². The molecule has 0 aliphatic heterocycles. The van der Waals surface area contributed by atoms with E-state index in [1.165, 1.54) is 6.07 Å². The van der Waals surface area contributed by atoms with Crippen molar-refractivity contribution >= 4 is 21.7 Å². The van der Waals surface area contributed by atoms with E-state index < -0.39 is 56.6 Å². The van der Waals surface area contributed by atoms with Crippen LogP contribution < -0.4 is 4.18 Å². The Bertz CT molecular complexity index is 866. The zero-order valence-electron chi connectivity index (χ0n) is 12.8. The second-order valence-electron chi connectivity index (χ2n) is 5.60. The molecular formula is C15H12F3NO5S. The number of rotatable bonds is 6. The van der Waals surface area contributed by atoms with Crippen molar-refractivity contribution in [1.82, 2.24) is 0 Å². The Balaban J connectivity index is 2.49. The smallest absolute Gasteiger partial charge is 0.382 e. The first kappa shape index (κ1) is 18.9. The lowest BCUT2D eigenvalue weighted by atomic mass is 9.91. The maximum atomic E-state index is 12.8. The molecule has 1 aromatic carbocycles. The Morgan fingerprint density at radius 2 is 1.92 bits per heavy atom. The maximum Gasteiger partial charge on any atom is 0.416 e. The first-order valence-electron chi connectivity index (χ1n) is 7.02. The third-order valence-electron chi connectivity index (χ3n) is 3.47. The molecule has 0 amide bonds. The number of halogens is 3. The van der Waals surface area contributed by atoms with Crippen LogP contribution >= 0.6 is 0 Å². The normalized spacial score (nSPS) is 16.0. The number of carbonyl (C=O) groups is 2. The van der Waals surface area contributed by atoms with E-state index >= 15 is 0 Å². The Labute approximate surface area is 141 Å². The number of hydrogen-bond donors (Lipinski definition) is 0. The van der Waals surface area contributed by atoms with Gasteiger partial charge >= 0.3 is 16.3 Å². The van der Waals surface area contributed by atoms with Gasteiger partial charge in [0.15, 0.2) is 23.2 Å². The SMILES string of the molecule is CS(=O)(=O)Oc1cc(C(F)(F)F)ccc1C(=O)C(C#N)C(=O)C1CC1. The van der Waals surface area contributed by atoms with Gasteiger partial charge in [-0.25, -0.2) is 0 Å². The second kappa shape index (κ2) is 6.48. The molecule has 1 aliphatic carbocycles. The zero-order valence-corrected chi connectivity index (χ0v) is 13.6. The predicted molar refractivity (Wildman–Crippen MR) is 78.1 cm³/mol. The third kappa shape index (κ3) is 4.57. The summed E-state index contributed by atoms with van der Waals surface area (Å²) in [4.78, 5) is 24.4. The second-order valence-corrected chi connectivity index (χ2v) is 7.17. The molecule has 134 valence electrons. The predicted octanol–water partition coefficient (Wildman–Crippen LogP) is 2.35. The molecular weight excluding hydrogens is 363 g/mol. The number of alkyl halides is 3. The minimum Gasteiger partial charge on any atom is -0.382 e. The summed E-state index contributed by atoms with van der Waals surface area (Å²) in [7, 11) is -4.24. The largest absolute Gasteiger partial charge is 0.416 e. The van der Waals surface area contributed by atoms with Gasteiger partial charge in [-0.1, -0.05) is 0 Å². The summed E-state index contributed by atoms with van der Waals surface area (Å²) < 4.78 is 65.4. The molecule has 1 saturated carbocycles. The first-order valence-corrected chi connectivity index (χ1v) is 8.84. The molecule has 0 spiro atoms. The highest BCUT2D eigenvalue weighted by molar-refractivity contribution is 7.86. The number of Topliss-reactive ketones (excluding diaryl/α,β-unsaturated/α-hetero) is 2. The number of nitrogens with zero attached hydrogens (tertiary/aromatic N) is 1. The van der Waals surface area contributed by atoms with Crippen LogP contribution in [0.3, 0.4) is 0 Å². The molecule has 1 unspecified atom stereocenters. The molecule has 1 atom stereocenters. The van der Waals surface area contributed by atoms with Crippen LogP contribution in [0.25, 0.3) is 0 Å². The fourth-order valence-electron chi connectivity index (χ4n) is 2.14. The van der Waals surface area contributed by atoms with Crippen LogP contribution in [0.2, 0.25) is 0 Å². The van der Waals surface area contributed by atoms with Crippen LogP contribution in [0.4, 0.5) is 13.2 Å². The van der Waals surface area contributed by atoms with Crippen LogP contribution in [0, 0.1) is 23.2 Å². The summed E-state index contributed by atoms with van der Waals surface area (Å²) in [6.07, 6.45) is -3.14. The lowest BCUT2D eigenvalue weighted by molar-refractivity contribution is -0.137. The Kier molecular flexibility index (Phi) is 4.90. The van der Waals surface area contributed by atoms with E-state index in [2.05, 4.69) is 4.18 Å². The van der Waals surface area contributed by atoms with E-state index in [-0.39, 0.29) is 0 Å². The molecule has 0 bridgehead atoms. The van der Waals surface area contributed by atoms with Crippen molar-refractivity contribution in [1.29, 1.82) is 5.26 Å². The Morgan fingerprint density at radius 1 is 1.32 bits per heavy atom. The molecule has 2 rings (SSSR count). The van der Waals surface area contributed by atoms with Gasteiger partial charge in [-0.05, 0) is 31.0 Å². The molecule has 0 heterocycles. The standard InChI is InChI=1S/C15H12F3NO5S/c1-25(22,23)24-12-6-9(15(16,17)18)4-5-10(12)14(21)11(7-19)13(20)8-2-3-8/h4-6,8,11H,2-3H2,1H3. The monoisotopic (exact) mass is 375 g/mol. The average Bonchev–Trinajstić information content (AvgIpc) is 3.29. The summed E-state index contributed by atoms with van der Waals surface area (Å²) in [5.41, 5.74) is -1.80. The summed E-state index contributed by atoms with van der Waals surface area (Å²) in [5, 5.41) is 9.08. The Morgan fingerprint density at radius 3 is 2.36 bits per heavy atom. The number of benzene rings is 1. The minimum atomic E-state index is -4.80. The molecule has 1 aromatic rings. The van der Waals surface area contributed by atoms with Gasteiger partial charge in [0.2, 0.25) is 0 Å². The lowest BCUT2D eigenvalue weighted by Crippen LogP contribution is -2.25. The molecule has 10 heteroatoms. The summed E-state index contributed by atoms with van der Waals surface area (Å²) in [6.45, 7) is 0. The molecule has 0 N–H and O–H groups in total. The van der Waals surface area contributed by atoms with Crippen LogP contribution in [0.1, 0.15) is 28.8 Å². The van der Waals surface area contributed by atoms with Gasteiger partial charge in [-0.2, -0.15) is 26.9 Å². The van der Waals surface area contributed by atoms with E-state index in [0.717, 1.165) is 0 Å². The summed E-state index contributed by atoms with van der Waals surface area (Å²) in [6, 6.07) is 3.14. The molecule has 0 radical (unpaired) electrons. The minimum absolute atomic E-state index is 0.352. The van der Waals surface area contributed by atoms with Crippen molar-refractivity contribution in [3.8, 4) is 11.8 Å². The molecule has 1 fully saturated rings. The molecule has 0 aromatic heterocycles. The van der Waals surface area contributed by atoms with E-state index in [1.807, 2.05) is 0 Å². The molecule has 0 saturated heterocycles. The van der Waals surface area contributed by atoms with Crippen LogP contribution in [-0.4, -0.2) is 26.2 Å². The van der Waals surface area contributed by atoms with E-state index in [1.54, 1.807) is 0 Å². The van der Waals surface area contributed by atoms with Crippen LogP contribution in [0.5, 0.6) is 5.75 Å². The van der Waals surface area contributed by atoms with Crippen LogP contribution in [0.15, 0.2) is 18.2 Å². The van der Waals surface area contributed by atoms with Crippen LogP contribution in [-0.2, 0) is 21.1 Å².